The van der Waals surface area contributed by atoms with E-state index in [0.29, 0.717) is 5.70 Å². The first-order chi connectivity index (χ1) is 4.87. The fraction of sp³-hybridized carbons (Fsp3) is 0.714. The lowest BCUT2D eigenvalue weighted by atomic mass is 10.5. The predicted molar refractivity (Wildman–Crippen MR) is 44.5 cm³/mol. The molecule has 0 spiro atoms. The van der Waals surface area contributed by atoms with Crippen LogP contribution in [0.2, 0.25) is 0 Å². The van der Waals surface area contributed by atoms with Crippen LogP contribution >= 0.6 is 0 Å². The summed E-state index contributed by atoms with van der Waals surface area (Å²) in [6.07, 6.45) is 1.52. The summed E-state index contributed by atoms with van der Waals surface area (Å²) in [5.41, 5.74) is 0.484. The van der Waals surface area contributed by atoms with Crippen LogP contribution in [0.25, 0.3) is 0 Å². The molecule has 0 aliphatic heterocycles. The molecule has 0 radical (unpaired) electrons. The maximum absolute atomic E-state index is 11.4. The quantitative estimate of drug-likeness (QED) is 0.695. The Balaban J connectivity index is 2.76. The van der Waals surface area contributed by atoms with Crippen LogP contribution in [0.5, 0.6) is 0 Å². The maximum atomic E-state index is 11.4. The average molecular weight is 175 g/mol. The summed E-state index contributed by atoms with van der Waals surface area (Å²) in [6.45, 7) is 6.88. The summed E-state index contributed by atoms with van der Waals surface area (Å²) in [4.78, 5) is 0. The van der Waals surface area contributed by atoms with Gasteiger partial charge in [0, 0.05) is 5.70 Å². The molecular formula is C7H13NO2S. The van der Waals surface area contributed by atoms with Gasteiger partial charge in [-0.2, -0.15) is 0 Å². The van der Waals surface area contributed by atoms with Crippen molar-refractivity contribution >= 4 is 10.0 Å². The Kier molecular flexibility index (Phi) is 1.75. The lowest BCUT2D eigenvalue weighted by Gasteiger charge is -2.11. The normalized spacial score (nSPS) is 20.9. The minimum atomic E-state index is -3.14. The van der Waals surface area contributed by atoms with Crippen molar-refractivity contribution < 1.29 is 8.42 Å². The third-order valence-electron chi connectivity index (χ3n) is 1.91. The van der Waals surface area contributed by atoms with Gasteiger partial charge in [-0.25, -0.2) is 8.42 Å². The Morgan fingerprint density at radius 3 is 2.27 bits per heavy atom. The Labute approximate surface area is 67.5 Å². The van der Waals surface area contributed by atoms with Crippen molar-refractivity contribution in [3.8, 4) is 0 Å². The molecule has 0 aromatic heterocycles. The highest BCUT2D eigenvalue weighted by Gasteiger charge is 2.50. The van der Waals surface area contributed by atoms with Crippen LogP contribution in [-0.2, 0) is 10.0 Å². The zero-order valence-corrected chi connectivity index (χ0v) is 7.66. The van der Waals surface area contributed by atoms with Crippen molar-refractivity contribution in [1.82, 2.24) is 4.72 Å². The zero-order chi connectivity index (χ0) is 8.70. The first kappa shape index (κ1) is 8.59. The van der Waals surface area contributed by atoms with Crippen molar-refractivity contribution in [3.63, 3.8) is 0 Å². The zero-order valence-electron chi connectivity index (χ0n) is 6.85. The molecule has 11 heavy (non-hydrogen) atoms. The molecule has 1 N–H and O–H groups in total. The molecular weight excluding hydrogens is 162 g/mol. The Bertz CT molecular complexity index is 275. The fourth-order valence-corrected chi connectivity index (χ4v) is 2.14. The molecule has 0 atom stereocenters. The van der Waals surface area contributed by atoms with Crippen molar-refractivity contribution in [2.24, 2.45) is 0 Å². The number of allylic oxidation sites excluding steroid dienone is 1. The van der Waals surface area contributed by atoms with Gasteiger partial charge < -0.3 is 0 Å². The van der Waals surface area contributed by atoms with Crippen molar-refractivity contribution in [1.29, 1.82) is 0 Å². The highest BCUT2D eigenvalue weighted by Crippen LogP contribution is 2.42. The highest BCUT2D eigenvalue weighted by atomic mass is 32.2. The SMILES string of the molecule is C=C(C)NS(=O)(=O)C1(C)CC1. The summed E-state index contributed by atoms with van der Waals surface area (Å²) >= 11 is 0. The van der Waals surface area contributed by atoms with Gasteiger partial charge in [-0.1, -0.05) is 6.58 Å². The number of nitrogens with one attached hydrogen (secondary N) is 1. The molecule has 0 saturated heterocycles. The minimum Gasteiger partial charge on any atom is -0.288 e. The molecule has 1 saturated carbocycles. The molecule has 1 fully saturated rings. The van der Waals surface area contributed by atoms with E-state index >= 15 is 0 Å². The van der Waals surface area contributed by atoms with Gasteiger partial charge in [0.15, 0.2) is 0 Å². The number of sulfonamides is 1. The van der Waals surface area contributed by atoms with Gasteiger partial charge in [0.2, 0.25) is 10.0 Å². The Morgan fingerprint density at radius 1 is 1.55 bits per heavy atom. The first-order valence-corrected chi connectivity index (χ1v) is 5.04. The standard InChI is InChI=1S/C7H13NO2S/c1-6(2)8-11(9,10)7(3)4-5-7/h8H,1,4-5H2,2-3H3. The first-order valence-electron chi connectivity index (χ1n) is 3.55. The molecule has 1 aliphatic rings. The highest BCUT2D eigenvalue weighted by molar-refractivity contribution is 7.91. The molecule has 1 aliphatic carbocycles. The van der Waals surface area contributed by atoms with E-state index in [2.05, 4.69) is 11.3 Å². The van der Waals surface area contributed by atoms with E-state index in [1.54, 1.807) is 13.8 Å². The van der Waals surface area contributed by atoms with Crippen molar-refractivity contribution in [2.45, 2.75) is 31.4 Å². The minimum absolute atomic E-state index is 0.484. The van der Waals surface area contributed by atoms with Gasteiger partial charge in [-0.05, 0) is 26.7 Å². The summed E-state index contributed by atoms with van der Waals surface area (Å²) in [5, 5.41) is 0. The van der Waals surface area contributed by atoms with Crippen molar-refractivity contribution in [3.05, 3.63) is 12.3 Å². The smallest absolute Gasteiger partial charge is 0.237 e. The number of rotatable bonds is 3. The predicted octanol–water partition coefficient (Wildman–Crippen LogP) is 0.992. The average Bonchev–Trinajstić information content (AvgIpc) is 2.44. The second-order valence-electron chi connectivity index (χ2n) is 3.34. The largest absolute Gasteiger partial charge is 0.288 e. The van der Waals surface area contributed by atoms with Crippen LogP contribution in [0.4, 0.5) is 0 Å². The van der Waals surface area contributed by atoms with Gasteiger partial charge >= 0.3 is 0 Å². The molecule has 64 valence electrons. The summed E-state index contributed by atoms with van der Waals surface area (Å²) < 4.78 is 24.6. The van der Waals surface area contributed by atoms with Gasteiger partial charge in [0.1, 0.15) is 0 Å². The summed E-state index contributed by atoms with van der Waals surface area (Å²) in [7, 11) is -3.14. The van der Waals surface area contributed by atoms with E-state index in [9.17, 15) is 8.42 Å². The third-order valence-corrected chi connectivity index (χ3v) is 4.23. The summed E-state index contributed by atoms with van der Waals surface area (Å²) in [5.74, 6) is 0. The molecule has 4 heteroatoms. The van der Waals surface area contributed by atoms with E-state index in [1.165, 1.54) is 0 Å². The fourth-order valence-electron chi connectivity index (χ4n) is 0.797. The molecule has 0 heterocycles. The van der Waals surface area contributed by atoms with E-state index in [-0.39, 0.29) is 0 Å². The van der Waals surface area contributed by atoms with Gasteiger partial charge in [-0.15, -0.1) is 0 Å². The van der Waals surface area contributed by atoms with Crippen LogP contribution in [0.1, 0.15) is 26.7 Å². The molecule has 1 rings (SSSR count). The van der Waals surface area contributed by atoms with Crippen molar-refractivity contribution in [2.75, 3.05) is 0 Å². The number of hydrogen-bond donors (Lipinski definition) is 1. The second kappa shape index (κ2) is 2.24. The lowest BCUT2D eigenvalue weighted by Crippen LogP contribution is -2.32. The lowest BCUT2D eigenvalue weighted by molar-refractivity contribution is 0.574. The third kappa shape index (κ3) is 1.56. The van der Waals surface area contributed by atoms with Gasteiger partial charge in [-0.3, -0.25) is 4.72 Å². The van der Waals surface area contributed by atoms with Crippen LogP contribution in [-0.4, -0.2) is 13.2 Å². The van der Waals surface area contributed by atoms with Crippen LogP contribution in [0.3, 0.4) is 0 Å². The molecule has 0 aromatic carbocycles. The molecule has 0 unspecified atom stereocenters. The van der Waals surface area contributed by atoms with E-state index < -0.39 is 14.8 Å². The van der Waals surface area contributed by atoms with Crippen LogP contribution in [0, 0.1) is 0 Å². The Morgan fingerprint density at radius 2 is 2.00 bits per heavy atom. The van der Waals surface area contributed by atoms with Crippen LogP contribution < -0.4 is 4.72 Å². The van der Waals surface area contributed by atoms with E-state index in [4.69, 9.17) is 0 Å². The maximum Gasteiger partial charge on any atom is 0.237 e. The molecule has 0 amide bonds. The topological polar surface area (TPSA) is 46.2 Å². The second-order valence-corrected chi connectivity index (χ2v) is 5.53. The molecule has 3 nitrogen and oxygen atoms in total. The summed E-state index contributed by atoms with van der Waals surface area (Å²) in [6, 6.07) is 0. The van der Waals surface area contributed by atoms with Gasteiger partial charge in [0.05, 0.1) is 4.75 Å². The van der Waals surface area contributed by atoms with Gasteiger partial charge in [0.25, 0.3) is 0 Å². The Hall–Kier alpha value is -0.510. The molecule has 0 bridgehead atoms. The van der Waals surface area contributed by atoms with E-state index in [0.717, 1.165) is 12.8 Å². The monoisotopic (exact) mass is 175 g/mol. The van der Waals surface area contributed by atoms with Crippen LogP contribution in [0.15, 0.2) is 12.3 Å². The number of hydrogen-bond acceptors (Lipinski definition) is 2. The molecule has 0 aromatic rings. The van der Waals surface area contributed by atoms with E-state index in [1.807, 2.05) is 0 Å².